The van der Waals surface area contributed by atoms with Crippen molar-refractivity contribution < 1.29 is 9.53 Å². The SMILES string of the molecule is C[C@@H](Oc1ccc(C(=O)NCc2cccnc2)cc1)c1ccccc1. The second kappa shape index (κ2) is 8.11. The van der Waals surface area contributed by atoms with Crippen LogP contribution in [0, 0.1) is 0 Å². The van der Waals surface area contributed by atoms with Crippen molar-refractivity contribution in [3.63, 3.8) is 0 Å². The molecule has 1 aromatic heterocycles. The van der Waals surface area contributed by atoms with Gasteiger partial charge in [-0.2, -0.15) is 0 Å². The Kier molecular flexibility index (Phi) is 5.42. The van der Waals surface area contributed by atoms with E-state index in [9.17, 15) is 4.79 Å². The van der Waals surface area contributed by atoms with Crippen LogP contribution < -0.4 is 10.1 Å². The number of hydrogen-bond donors (Lipinski definition) is 1. The number of nitrogens with one attached hydrogen (secondary N) is 1. The Balaban J connectivity index is 1.57. The van der Waals surface area contributed by atoms with E-state index in [0.717, 1.165) is 16.9 Å². The Morgan fingerprint density at radius 1 is 1.04 bits per heavy atom. The van der Waals surface area contributed by atoms with Crippen LogP contribution in [0.4, 0.5) is 0 Å². The van der Waals surface area contributed by atoms with Gasteiger partial charge in [0.15, 0.2) is 0 Å². The highest BCUT2D eigenvalue weighted by atomic mass is 16.5. The number of hydrogen-bond acceptors (Lipinski definition) is 3. The summed E-state index contributed by atoms with van der Waals surface area (Å²) >= 11 is 0. The molecule has 1 atom stereocenters. The van der Waals surface area contributed by atoms with Crippen molar-refractivity contribution in [3.05, 3.63) is 95.8 Å². The zero-order valence-electron chi connectivity index (χ0n) is 14.1. The van der Waals surface area contributed by atoms with Crippen molar-refractivity contribution in [1.82, 2.24) is 10.3 Å². The number of benzene rings is 2. The van der Waals surface area contributed by atoms with E-state index >= 15 is 0 Å². The van der Waals surface area contributed by atoms with Crippen LogP contribution in [-0.4, -0.2) is 10.9 Å². The van der Waals surface area contributed by atoms with Gasteiger partial charge in [0.05, 0.1) is 0 Å². The molecule has 1 N–H and O–H groups in total. The maximum Gasteiger partial charge on any atom is 0.251 e. The average Bonchev–Trinajstić information content (AvgIpc) is 2.68. The second-order valence-electron chi connectivity index (χ2n) is 5.74. The number of carbonyl (C=O) groups is 1. The van der Waals surface area contributed by atoms with Crippen molar-refractivity contribution in [2.75, 3.05) is 0 Å². The normalized spacial score (nSPS) is 11.6. The van der Waals surface area contributed by atoms with Crippen LogP contribution in [0.1, 0.15) is 34.5 Å². The van der Waals surface area contributed by atoms with Crippen LogP contribution in [0.3, 0.4) is 0 Å². The Hall–Kier alpha value is -3.14. The minimum Gasteiger partial charge on any atom is -0.486 e. The molecular formula is C21H20N2O2. The summed E-state index contributed by atoms with van der Waals surface area (Å²) in [5.41, 5.74) is 2.68. The van der Waals surface area contributed by atoms with Crippen molar-refractivity contribution in [2.24, 2.45) is 0 Å². The van der Waals surface area contributed by atoms with Crippen molar-refractivity contribution in [2.45, 2.75) is 19.6 Å². The summed E-state index contributed by atoms with van der Waals surface area (Å²) in [5.74, 6) is 0.617. The van der Waals surface area contributed by atoms with E-state index in [1.807, 2.05) is 61.5 Å². The first-order chi connectivity index (χ1) is 12.2. The summed E-state index contributed by atoms with van der Waals surface area (Å²) in [7, 11) is 0. The van der Waals surface area contributed by atoms with E-state index in [0.29, 0.717) is 12.1 Å². The smallest absolute Gasteiger partial charge is 0.251 e. The van der Waals surface area contributed by atoms with Crippen molar-refractivity contribution >= 4 is 5.91 Å². The zero-order chi connectivity index (χ0) is 17.5. The molecule has 3 rings (SSSR count). The Labute approximate surface area is 147 Å². The maximum atomic E-state index is 12.2. The minimum atomic E-state index is -0.119. The van der Waals surface area contributed by atoms with Crippen molar-refractivity contribution in [3.8, 4) is 5.75 Å². The van der Waals surface area contributed by atoms with E-state index < -0.39 is 0 Å². The second-order valence-corrected chi connectivity index (χ2v) is 5.74. The van der Waals surface area contributed by atoms with Crippen LogP contribution >= 0.6 is 0 Å². The van der Waals surface area contributed by atoms with Gasteiger partial charge >= 0.3 is 0 Å². The third-order valence-electron chi connectivity index (χ3n) is 3.87. The van der Waals surface area contributed by atoms with Gasteiger partial charge in [0.1, 0.15) is 11.9 Å². The molecule has 0 unspecified atom stereocenters. The summed E-state index contributed by atoms with van der Waals surface area (Å²) in [4.78, 5) is 16.2. The predicted octanol–water partition coefficient (Wildman–Crippen LogP) is 4.15. The molecule has 0 spiro atoms. The molecular weight excluding hydrogens is 312 g/mol. The fraction of sp³-hybridized carbons (Fsp3) is 0.143. The lowest BCUT2D eigenvalue weighted by Crippen LogP contribution is -2.22. The van der Waals surface area contributed by atoms with Gasteiger partial charge in [-0.25, -0.2) is 0 Å². The van der Waals surface area contributed by atoms with Gasteiger partial charge in [0.25, 0.3) is 5.91 Å². The molecule has 0 radical (unpaired) electrons. The monoisotopic (exact) mass is 332 g/mol. The third-order valence-corrected chi connectivity index (χ3v) is 3.87. The molecule has 2 aromatic carbocycles. The molecule has 0 aliphatic carbocycles. The highest BCUT2D eigenvalue weighted by molar-refractivity contribution is 5.94. The van der Waals surface area contributed by atoms with Gasteiger partial charge in [-0.15, -0.1) is 0 Å². The molecule has 0 saturated heterocycles. The van der Waals surface area contributed by atoms with E-state index in [1.54, 1.807) is 24.5 Å². The lowest BCUT2D eigenvalue weighted by Gasteiger charge is -2.15. The number of carbonyl (C=O) groups excluding carboxylic acids is 1. The minimum absolute atomic E-state index is 0.0496. The number of aromatic nitrogens is 1. The van der Waals surface area contributed by atoms with E-state index in [4.69, 9.17) is 4.74 Å². The van der Waals surface area contributed by atoms with Gasteiger partial charge in [0.2, 0.25) is 0 Å². The molecule has 1 amide bonds. The number of rotatable bonds is 6. The third kappa shape index (κ3) is 4.67. The molecule has 0 saturated carbocycles. The first kappa shape index (κ1) is 16.7. The molecule has 4 nitrogen and oxygen atoms in total. The number of nitrogens with zero attached hydrogens (tertiary/aromatic N) is 1. The van der Waals surface area contributed by atoms with Crippen molar-refractivity contribution in [1.29, 1.82) is 0 Å². The molecule has 25 heavy (non-hydrogen) atoms. The lowest BCUT2D eigenvalue weighted by molar-refractivity contribution is 0.0951. The highest BCUT2D eigenvalue weighted by Gasteiger charge is 2.09. The quantitative estimate of drug-likeness (QED) is 0.738. The number of amides is 1. The fourth-order valence-corrected chi connectivity index (χ4v) is 2.47. The molecule has 3 aromatic rings. The van der Waals surface area contributed by atoms with Crippen LogP contribution in [0.5, 0.6) is 5.75 Å². The van der Waals surface area contributed by atoms with Crippen LogP contribution in [-0.2, 0) is 6.54 Å². The van der Waals surface area contributed by atoms with Gasteiger partial charge < -0.3 is 10.1 Å². The first-order valence-corrected chi connectivity index (χ1v) is 8.21. The topological polar surface area (TPSA) is 51.2 Å². The molecule has 1 heterocycles. The standard InChI is InChI=1S/C21H20N2O2/c1-16(18-7-3-2-4-8-18)25-20-11-9-19(10-12-20)21(24)23-15-17-6-5-13-22-14-17/h2-14,16H,15H2,1H3,(H,23,24)/t16-/m1/s1. The van der Waals surface area contributed by atoms with E-state index in [1.165, 1.54) is 0 Å². The van der Waals surface area contributed by atoms with Crippen LogP contribution in [0.25, 0.3) is 0 Å². The molecule has 0 aliphatic heterocycles. The van der Waals surface area contributed by atoms with Gasteiger partial charge in [-0.1, -0.05) is 36.4 Å². The summed E-state index contributed by atoms with van der Waals surface area (Å²) in [6, 6.07) is 21.0. The van der Waals surface area contributed by atoms with Gasteiger partial charge in [0, 0.05) is 24.5 Å². The molecule has 0 bridgehead atoms. The number of pyridine rings is 1. The Morgan fingerprint density at radius 3 is 2.48 bits per heavy atom. The predicted molar refractivity (Wildman–Crippen MR) is 97.3 cm³/mol. The molecule has 4 heteroatoms. The van der Waals surface area contributed by atoms with E-state index in [-0.39, 0.29) is 12.0 Å². The Bertz CT molecular complexity index is 802. The summed E-state index contributed by atoms with van der Waals surface area (Å²) in [6.45, 7) is 2.46. The summed E-state index contributed by atoms with van der Waals surface area (Å²) in [6.07, 6.45) is 3.40. The zero-order valence-corrected chi connectivity index (χ0v) is 14.1. The van der Waals surface area contributed by atoms with Crippen LogP contribution in [0.15, 0.2) is 79.1 Å². The van der Waals surface area contributed by atoms with Gasteiger partial charge in [-0.05, 0) is 48.4 Å². The average molecular weight is 332 g/mol. The summed E-state index contributed by atoms with van der Waals surface area (Å²) < 4.78 is 5.92. The lowest BCUT2D eigenvalue weighted by atomic mass is 10.1. The maximum absolute atomic E-state index is 12.2. The number of ether oxygens (including phenoxy) is 1. The van der Waals surface area contributed by atoms with Crippen LogP contribution in [0.2, 0.25) is 0 Å². The largest absolute Gasteiger partial charge is 0.486 e. The Morgan fingerprint density at radius 2 is 1.80 bits per heavy atom. The van der Waals surface area contributed by atoms with E-state index in [2.05, 4.69) is 10.3 Å². The first-order valence-electron chi connectivity index (χ1n) is 8.21. The molecule has 126 valence electrons. The highest BCUT2D eigenvalue weighted by Crippen LogP contribution is 2.21. The van der Waals surface area contributed by atoms with Gasteiger partial charge in [-0.3, -0.25) is 9.78 Å². The molecule has 0 fully saturated rings. The molecule has 0 aliphatic rings. The fourth-order valence-electron chi connectivity index (χ4n) is 2.47. The summed E-state index contributed by atoms with van der Waals surface area (Å²) in [5, 5.41) is 2.88.